The quantitative estimate of drug-likeness (QED) is 0.841. The van der Waals surface area contributed by atoms with Gasteiger partial charge in [-0.25, -0.2) is 9.97 Å². The number of rotatable bonds is 3. The van der Waals surface area contributed by atoms with E-state index in [2.05, 4.69) is 27.2 Å². The van der Waals surface area contributed by atoms with Gasteiger partial charge in [0.2, 0.25) is 5.95 Å². The van der Waals surface area contributed by atoms with E-state index in [1.807, 2.05) is 4.90 Å². The second-order valence-corrected chi connectivity index (χ2v) is 6.67. The Labute approximate surface area is 136 Å². The van der Waals surface area contributed by atoms with Crippen molar-refractivity contribution in [2.45, 2.75) is 25.3 Å². The fraction of sp³-hybridized carbons (Fsp3) is 0.688. The van der Waals surface area contributed by atoms with Gasteiger partial charge in [0.15, 0.2) is 0 Å². The molecule has 3 heterocycles. The predicted molar refractivity (Wildman–Crippen MR) is 87.3 cm³/mol. The van der Waals surface area contributed by atoms with Crippen molar-refractivity contribution in [3.05, 3.63) is 18.0 Å². The molecule has 0 saturated carbocycles. The molecule has 2 fully saturated rings. The maximum Gasteiger partial charge on any atom is 0.257 e. The van der Waals surface area contributed by atoms with Gasteiger partial charge in [-0.3, -0.25) is 4.79 Å². The number of piperidine rings is 2. The van der Waals surface area contributed by atoms with Crippen molar-refractivity contribution < 1.29 is 9.90 Å². The van der Waals surface area contributed by atoms with Crippen molar-refractivity contribution in [3.63, 3.8) is 0 Å². The third kappa shape index (κ3) is 2.90. The monoisotopic (exact) mass is 319 g/mol. The molecule has 0 aliphatic carbocycles. The Morgan fingerprint density at radius 2 is 2.13 bits per heavy atom. The molecule has 2 atom stereocenters. The van der Waals surface area contributed by atoms with Crippen LogP contribution in [0.2, 0.25) is 0 Å². The number of nitrogens with zero attached hydrogens (tertiary/aromatic N) is 4. The highest BCUT2D eigenvalue weighted by atomic mass is 16.3. The Morgan fingerprint density at radius 1 is 1.39 bits per heavy atom. The van der Waals surface area contributed by atoms with Gasteiger partial charge in [-0.2, -0.15) is 0 Å². The first-order valence-electron chi connectivity index (χ1n) is 8.20. The summed E-state index contributed by atoms with van der Waals surface area (Å²) in [5.74, 6) is 0.477. The molecule has 0 radical (unpaired) electrons. The highest BCUT2D eigenvalue weighted by Gasteiger charge is 2.47. The summed E-state index contributed by atoms with van der Waals surface area (Å²) in [6.45, 7) is 2.56. The Bertz CT molecular complexity index is 564. The van der Waals surface area contributed by atoms with Crippen molar-refractivity contribution >= 4 is 11.9 Å². The van der Waals surface area contributed by atoms with Gasteiger partial charge in [-0.05, 0) is 32.9 Å². The van der Waals surface area contributed by atoms with Crippen LogP contribution in [-0.4, -0.2) is 77.2 Å². The Kier molecular flexibility index (Phi) is 4.50. The summed E-state index contributed by atoms with van der Waals surface area (Å²) >= 11 is 0. The van der Waals surface area contributed by atoms with Crippen LogP contribution < -0.4 is 5.32 Å². The number of hydrogen-bond acceptors (Lipinski definition) is 6. The number of aromatic nitrogens is 2. The predicted octanol–water partition coefficient (Wildman–Crippen LogP) is 0.437. The van der Waals surface area contributed by atoms with E-state index in [0.29, 0.717) is 24.6 Å². The number of fused-ring (bicyclic) bond motifs is 1. The molecule has 1 aromatic heterocycles. The zero-order valence-corrected chi connectivity index (χ0v) is 13.8. The minimum atomic E-state index is -0.0593. The first-order chi connectivity index (χ1) is 11.1. The van der Waals surface area contributed by atoms with Crippen LogP contribution in [0.5, 0.6) is 0 Å². The molecule has 7 heteroatoms. The average Bonchev–Trinajstić information content (AvgIpc) is 2.61. The van der Waals surface area contributed by atoms with E-state index in [4.69, 9.17) is 0 Å². The normalized spacial score (nSPS) is 28.3. The van der Waals surface area contributed by atoms with Gasteiger partial charge in [0.1, 0.15) is 0 Å². The lowest BCUT2D eigenvalue weighted by Gasteiger charge is -2.53. The summed E-state index contributed by atoms with van der Waals surface area (Å²) in [4.78, 5) is 25.1. The van der Waals surface area contributed by atoms with Gasteiger partial charge in [0.25, 0.3) is 5.91 Å². The number of likely N-dealkylation sites (N-methyl/N-ethyl adjacent to an activating group) is 1. The van der Waals surface area contributed by atoms with Crippen LogP contribution >= 0.6 is 0 Å². The number of aliphatic hydroxyl groups is 1. The average molecular weight is 319 g/mol. The second kappa shape index (κ2) is 6.41. The smallest absolute Gasteiger partial charge is 0.257 e. The van der Waals surface area contributed by atoms with E-state index in [1.165, 1.54) is 0 Å². The highest BCUT2D eigenvalue weighted by Crippen LogP contribution is 2.41. The van der Waals surface area contributed by atoms with Crippen molar-refractivity contribution in [1.29, 1.82) is 0 Å². The molecule has 0 aromatic carbocycles. The van der Waals surface area contributed by atoms with Gasteiger partial charge in [0.05, 0.1) is 12.2 Å². The molecular weight excluding hydrogens is 294 g/mol. The topological polar surface area (TPSA) is 81.6 Å². The first kappa shape index (κ1) is 16.1. The second-order valence-electron chi connectivity index (χ2n) is 6.67. The first-order valence-corrected chi connectivity index (χ1v) is 8.20. The third-order valence-corrected chi connectivity index (χ3v) is 5.42. The number of anilines is 1. The number of nitrogens with one attached hydrogen (secondary N) is 1. The van der Waals surface area contributed by atoms with E-state index < -0.39 is 0 Å². The minimum absolute atomic E-state index is 0.0295. The lowest BCUT2D eigenvalue weighted by Crippen LogP contribution is -2.62. The molecule has 1 amide bonds. The molecule has 0 spiro atoms. The van der Waals surface area contributed by atoms with Crippen LogP contribution in [0.4, 0.5) is 5.95 Å². The molecule has 2 aliphatic rings. The fourth-order valence-electron chi connectivity index (χ4n) is 3.95. The van der Waals surface area contributed by atoms with Crippen molar-refractivity contribution in [2.24, 2.45) is 5.41 Å². The van der Waals surface area contributed by atoms with Crippen molar-refractivity contribution in [2.75, 3.05) is 45.7 Å². The van der Waals surface area contributed by atoms with Crippen LogP contribution in [-0.2, 0) is 0 Å². The molecule has 126 valence electrons. The number of likely N-dealkylation sites (tertiary alicyclic amines) is 2. The molecule has 7 nitrogen and oxygen atoms in total. The number of carbonyl (C=O) groups is 1. The molecule has 23 heavy (non-hydrogen) atoms. The third-order valence-electron chi connectivity index (χ3n) is 5.42. The van der Waals surface area contributed by atoms with E-state index in [0.717, 1.165) is 25.8 Å². The molecule has 2 saturated heterocycles. The highest BCUT2D eigenvalue weighted by molar-refractivity contribution is 5.93. The molecule has 2 aliphatic heterocycles. The fourth-order valence-corrected chi connectivity index (χ4v) is 3.95. The SMILES string of the molecule is CNc1ncc(C(=O)N2CC[C@@]3(CO)CCCN(C)[C@@H]3C2)cn1. The molecule has 0 unspecified atom stereocenters. The number of aliphatic hydroxyl groups excluding tert-OH is 1. The van der Waals surface area contributed by atoms with Crippen LogP contribution in [0.3, 0.4) is 0 Å². The lowest BCUT2D eigenvalue weighted by atomic mass is 9.69. The maximum atomic E-state index is 12.7. The lowest BCUT2D eigenvalue weighted by molar-refractivity contribution is -0.0601. The van der Waals surface area contributed by atoms with Crippen molar-refractivity contribution in [3.8, 4) is 0 Å². The number of carbonyl (C=O) groups excluding carboxylic acids is 1. The van der Waals surface area contributed by atoms with E-state index >= 15 is 0 Å². The summed E-state index contributed by atoms with van der Waals surface area (Å²) in [7, 11) is 3.84. The van der Waals surface area contributed by atoms with Crippen LogP contribution in [0.15, 0.2) is 12.4 Å². The van der Waals surface area contributed by atoms with Gasteiger partial charge in [0, 0.05) is 44.0 Å². The Balaban J connectivity index is 1.75. The minimum Gasteiger partial charge on any atom is -0.396 e. The Morgan fingerprint density at radius 3 is 2.78 bits per heavy atom. The van der Waals surface area contributed by atoms with Crippen LogP contribution in [0.1, 0.15) is 29.6 Å². The van der Waals surface area contributed by atoms with E-state index in [1.54, 1.807) is 19.4 Å². The van der Waals surface area contributed by atoms with E-state index in [-0.39, 0.29) is 24.0 Å². The van der Waals surface area contributed by atoms with Gasteiger partial charge < -0.3 is 20.2 Å². The van der Waals surface area contributed by atoms with Gasteiger partial charge in [-0.1, -0.05) is 0 Å². The molecule has 0 bridgehead atoms. The molecule has 2 N–H and O–H groups in total. The van der Waals surface area contributed by atoms with E-state index in [9.17, 15) is 9.90 Å². The largest absolute Gasteiger partial charge is 0.396 e. The summed E-state index contributed by atoms with van der Waals surface area (Å²) in [6, 6.07) is 0.219. The number of hydrogen-bond donors (Lipinski definition) is 2. The standard InChI is InChI=1S/C16H25N5O2/c1-17-15-18-8-12(9-19-15)14(23)21-7-5-16(11-22)4-3-6-20(2)13(16)10-21/h8-9,13,22H,3-7,10-11H2,1-2H3,(H,17,18,19)/t13-,16-/m1/s1. The summed E-state index contributed by atoms with van der Waals surface area (Å²) in [6.07, 6.45) is 6.14. The van der Waals surface area contributed by atoms with Gasteiger partial charge in [-0.15, -0.1) is 0 Å². The summed E-state index contributed by atoms with van der Waals surface area (Å²) < 4.78 is 0. The summed E-state index contributed by atoms with van der Waals surface area (Å²) in [5, 5.41) is 12.8. The van der Waals surface area contributed by atoms with Crippen LogP contribution in [0, 0.1) is 5.41 Å². The Hall–Kier alpha value is -1.73. The number of amides is 1. The summed E-state index contributed by atoms with van der Waals surface area (Å²) in [5.41, 5.74) is 0.454. The zero-order chi connectivity index (χ0) is 16.4. The van der Waals surface area contributed by atoms with Gasteiger partial charge >= 0.3 is 0 Å². The molecule has 1 aromatic rings. The van der Waals surface area contributed by atoms with Crippen molar-refractivity contribution in [1.82, 2.24) is 19.8 Å². The molecule has 3 rings (SSSR count). The van der Waals surface area contributed by atoms with Crippen LogP contribution in [0.25, 0.3) is 0 Å². The molecular formula is C16H25N5O2. The zero-order valence-electron chi connectivity index (χ0n) is 13.8. The maximum absolute atomic E-state index is 12.7.